The first-order valence-corrected chi connectivity index (χ1v) is 23.4. The number of fused-ring (bicyclic) bond motifs is 3. The van der Waals surface area contributed by atoms with Crippen LogP contribution in [0.3, 0.4) is 0 Å². The average Bonchev–Trinajstić information content (AvgIpc) is 3.81. The summed E-state index contributed by atoms with van der Waals surface area (Å²) >= 11 is 1.86. The van der Waals surface area contributed by atoms with Crippen molar-refractivity contribution in [2.75, 3.05) is 0 Å². The fourth-order valence-electron chi connectivity index (χ4n) is 9.34. The van der Waals surface area contributed by atoms with E-state index in [0.717, 1.165) is 84.0 Å². The molecule has 0 atom stereocenters. The van der Waals surface area contributed by atoms with Crippen LogP contribution in [0.1, 0.15) is 0 Å². The van der Waals surface area contributed by atoms with Crippen molar-refractivity contribution in [1.82, 2.24) is 15.0 Å². The second kappa shape index (κ2) is 17.4. The van der Waals surface area contributed by atoms with Crippen LogP contribution in [-0.4, -0.2) is 15.0 Å². The normalized spacial score (nSPS) is 11.3. The smallest absolute Gasteiger partial charge is 0.160 e. The summed E-state index contributed by atoms with van der Waals surface area (Å²) in [7, 11) is 0. The number of aromatic nitrogens is 3. The van der Waals surface area contributed by atoms with E-state index in [1.807, 2.05) is 29.5 Å². The van der Waals surface area contributed by atoms with Crippen LogP contribution < -0.4 is 0 Å². The molecule has 0 aliphatic rings. The molecule has 12 rings (SSSR count). The largest absolute Gasteiger partial charge is 0.246 e. The summed E-state index contributed by atoms with van der Waals surface area (Å²) in [4.78, 5) is 16.2. The molecule has 3 aromatic heterocycles. The zero-order chi connectivity index (χ0) is 44.5. The molecule has 314 valence electrons. The number of pyridine rings is 1. The lowest BCUT2D eigenvalue weighted by atomic mass is 9.83. The highest BCUT2D eigenvalue weighted by molar-refractivity contribution is 7.26. The molecule has 0 aliphatic heterocycles. The Hall–Kier alpha value is -8.57. The van der Waals surface area contributed by atoms with Gasteiger partial charge in [-0.25, -0.2) is 15.0 Å². The van der Waals surface area contributed by atoms with Crippen LogP contribution >= 0.6 is 11.3 Å². The van der Waals surface area contributed by atoms with Crippen LogP contribution in [0.5, 0.6) is 0 Å². The third-order valence-corrected chi connectivity index (χ3v) is 13.7. The molecule has 3 nitrogen and oxygen atoms in total. The summed E-state index contributed by atoms with van der Waals surface area (Å²) in [5, 5.41) is 2.60. The zero-order valence-corrected chi connectivity index (χ0v) is 37.2. The lowest BCUT2D eigenvalue weighted by molar-refractivity contribution is 1.18. The van der Waals surface area contributed by atoms with Crippen LogP contribution in [0.25, 0.3) is 121 Å². The molecule has 3 heterocycles. The van der Waals surface area contributed by atoms with E-state index in [1.165, 1.54) is 31.3 Å². The van der Waals surface area contributed by atoms with Gasteiger partial charge in [-0.05, 0) is 46.0 Å². The molecule has 0 saturated heterocycles. The zero-order valence-electron chi connectivity index (χ0n) is 36.4. The maximum Gasteiger partial charge on any atom is 0.160 e. The minimum atomic E-state index is 0.675. The van der Waals surface area contributed by atoms with Gasteiger partial charge in [-0.1, -0.05) is 231 Å². The van der Waals surface area contributed by atoms with Gasteiger partial charge >= 0.3 is 0 Å². The van der Waals surface area contributed by atoms with E-state index in [0.29, 0.717) is 5.82 Å². The van der Waals surface area contributed by atoms with Gasteiger partial charge in [0.05, 0.1) is 22.8 Å². The van der Waals surface area contributed by atoms with Crippen LogP contribution in [-0.2, 0) is 0 Å². The van der Waals surface area contributed by atoms with Gasteiger partial charge in [0.1, 0.15) is 0 Å². The molecule has 0 fully saturated rings. The maximum atomic E-state index is 5.65. The Morgan fingerprint density at radius 2 is 0.716 bits per heavy atom. The highest BCUT2D eigenvalue weighted by Gasteiger charge is 2.26. The minimum absolute atomic E-state index is 0.675. The molecule has 0 radical (unpaired) electrons. The summed E-state index contributed by atoms with van der Waals surface area (Å²) in [6.45, 7) is 0. The SMILES string of the molecule is c1ccc(-c2nc(-c3ccc(-c4cccc5c4sc4ccccc45)cc3)cc(-c3cccc(-c4c(-c5ccccc5)c(-c5ccccc5)nc(-c5ccccc5)c4-c4ccccc4)c3)n2)cc1. The minimum Gasteiger partial charge on any atom is -0.246 e. The van der Waals surface area contributed by atoms with E-state index < -0.39 is 0 Å². The number of hydrogen-bond donors (Lipinski definition) is 0. The quantitative estimate of drug-likeness (QED) is 0.145. The Labute approximate surface area is 394 Å². The molecule has 0 bridgehead atoms. The van der Waals surface area contributed by atoms with E-state index >= 15 is 0 Å². The van der Waals surface area contributed by atoms with Crippen LogP contribution in [0, 0.1) is 0 Å². The third-order valence-electron chi connectivity index (χ3n) is 12.5. The molecular weight excluding hydrogens is 831 g/mol. The number of hydrogen-bond acceptors (Lipinski definition) is 4. The molecule has 4 heteroatoms. The van der Waals surface area contributed by atoms with Crippen molar-refractivity contribution in [2.24, 2.45) is 0 Å². The first-order chi connectivity index (χ1) is 33.2. The monoisotopic (exact) mass is 871 g/mol. The van der Waals surface area contributed by atoms with Gasteiger partial charge in [-0.15, -0.1) is 11.3 Å². The molecule has 0 saturated carbocycles. The Balaban J connectivity index is 1.06. The summed E-state index contributed by atoms with van der Waals surface area (Å²) < 4.78 is 2.61. The average molecular weight is 872 g/mol. The van der Waals surface area contributed by atoms with Crippen molar-refractivity contribution in [3.8, 4) is 101 Å². The van der Waals surface area contributed by atoms with Crippen LogP contribution in [0.2, 0.25) is 0 Å². The molecule has 67 heavy (non-hydrogen) atoms. The molecular formula is C63H41N3S. The fraction of sp³-hybridized carbons (Fsp3) is 0. The van der Waals surface area contributed by atoms with Crippen LogP contribution in [0.15, 0.2) is 249 Å². The predicted molar refractivity (Wildman–Crippen MR) is 282 cm³/mol. The molecule has 12 aromatic rings. The van der Waals surface area contributed by atoms with Gasteiger partial charge in [0, 0.05) is 64.7 Å². The number of nitrogens with zero attached hydrogens (tertiary/aromatic N) is 3. The number of benzene rings is 9. The first-order valence-electron chi connectivity index (χ1n) is 22.6. The van der Waals surface area contributed by atoms with Gasteiger partial charge in [-0.2, -0.15) is 0 Å². The lowest BCUT2D eigenvalue weighted by Gasteiger charge is -2.23. The summed E-state index contributed by atoms with van der Waals surface area (Å²) in [5.74, 6) is 0.675. The van der Waals surface area contributed by atoms with Gasteiger partial charge in [0.15, 0.2) is 5.82 Å². The lowest BCUT2D eigenvalue weighted by Crippen LogP contribution is -2.01. The van der Waals surface area contributed by atoms with Gasteiger partial charge in [-0.3, -0.25) is 0 Å². The van der Waals surface area contributed by atoms with E-state index in [1.54, 1.807) is 0 Å². The number of thiophene rings is 1. The summed E-state index contributed by atoms with van der Waals surface area (Å²) in [6, 6.07) is 88.0. The van der Waals surface area contributed by atoms with Gasteiger partial charge in [0.2, 0.25) is 0 Å². The fourth-order valence-corrected chi connectivity index (χ4v) is 10.6. The van der Waals surface area contributed by atoms with Gasteiger partial charge < -0.3 is 0 Å². The summed E-state index contributed by atoms with van der Waals surface area (Å²) in [5.41, 5.74) is 17.5. The van der Waals surface area contributed by atoms with E-state index in [-0.39, 0.29) is 0 Å². The molecule has 0 aliphatic carbocycles. The van der Waals surface area contributed by atoms with Crippen molar-refractivity contribution < 1.29 is 0 Å². The Morgan fingerprint density at radius 3 is 1.31 bits per heavy atom. The highest BCUT2D eigenvalue weighted by Crippen LogP contribution is 2.49. The molecule has 0 spiro atoms. The standard InChI is InChI=1S/C63H41N3S/c1-6-20-44(21-7-1)58-57(59(45-22-8-2-9-23-45)61(47-26-12-4-13-27-47)66-60(58)46-24-10-3-11-25-46)50-31-18-30-49(40-50)55-41-54(64-63(65-55)48-28-14-5-15-29-48)43-38-36-42(37-39-43)51-33-19-34-53-52-32-16-17-35-56(52)67-62(51)53/h1-41H. The topological polar surface area (TPSA) is 38.7 Å². The maximum absolute atomic E-state index is 5.65. The first kappa shape index (κ1) is 40.0. The Morgan fingerprint density at radius 1 is 0.269 bits per heavy atom. The van der Waals surface area contributed by atoms with E-state index in [9.17, 15) is 0 Å². The van der Waals surface area contributed by atoms with Crippen molar-refractivity contribution >= 4 is 31.5 Å². The van der Waals surface area contributed by atoms with Crippen LogP contribution in [0.4, 0.5) is 0 Å². The van der Waals surface area contributed by atoms with Crippen molar-refractivity contribution in [2.45, 2.75) is 0 Å². The highest BCUT2D eigenvalue weighted by atomic mass is 32.1. The molecule has 0 amide bonds. The molecule has 9 aromatic carbocycles. The van der Waals surface area contributed by atoms with E-state index in [2.05, 4.69) is 231 Å². The van der Waals surface area contributed by atoms with E-state index in [4.69, 9.17) is 15.0 Å². The second-order valence-electron chi connectivity index (χ2n) is 16.7. The Bertz CT molecular complexity index is 3600. The van der Waals surface area contributed by atoms with Crippen molar-refractivity contribution in [1.29, 1.82) is 0 Å². The Kier molecular flexibility index (Phi) is 10.4. The number of rotatable bonds is 9. The van der Waals surface area contributed by atoms with Gasteiger partial charge in [0.25, 0.3) is 0 Å². The second-order valence-corrected chi connectivity index (χ2v) is 17.7. The molecule has 0 N–H and O–H groups in total. The van der Waals surface area contributed by atoms with Crippen molar-refractivity contribution in [3.63, 3.8) is 0 Å². The third kappa shape index (κ3) is 7.59. The molecule has 0 unspecified atom stereocenters. The predicted octanol–water partition coefficient (Wildman–Crippen LogP) is 17.2. The van der Waals surface area contributed by atoms with Crippen molar-refractivity contribution in [3.05, 3.63) is 249 Å². The summed E-state index contributed by atoms with van der Waals surface area (Å²) in [6.07, 6.45) is 0.